The second-order valence-corrected chi connectivity index (χ2v) is 28.5. The van der Waals surface area contributed by atoms with Crippen molar-refractivity contribution in [2.24, 2.45) is 50.2 Å². The number of hydrogen-bond acceptors (Lipinski definition) is 28. The van der Waals surface area contributed by atoms with Gasteiger partial charge in [0, 0.05) is 11.3 Å². The number of ether oxygens (including phenoxy) is 10. The Balaban J connectivity index is 0.866. The van der Waals surface area contributed by atoms with Crippen LogP contribution in [0.4, 0.5) is 0 Å². The number of rotatable bonds is 12. The molecule has 29 heteroatoms. The number of aliphatic hydroxyl groups is 16. The van der Waals surface area contributed by atoms with Gasteiger partial charge in [0.15, 0.2) is 37.4 Å². The van der Waals surface area contributed by atoms with Crippen LogP contribution < -0.4 is 0 Å². The number of aliphatic carboxylic acids is 1. The molecule has 17 N–H and O–H groups in total. The molecule has 0 bridgehead atoms. The molecule has 5 aliphatic carbocycles. The average molecular weight is 1250 g/mol. The summed E-state index contributed by atoms with van der Waals surface area (Å²) in [5.41, 5.74) is -5.53. The number of hydrogen-bond donors (Lipinski definition) is 17. The highest BCUT2D eigenvalue weighted by Gasteiger charge is 2.75. The molecular formula is C58H92O29. The summed E-state index contributed by atoms with van der Waals surface area (Å²) in [5, 5.41) is 190. The van der Waals surface area contributed by atoms with E-state index in [1.807, 2.05) is 20.8 Å². The quantitative estimate of drug-likeness (QED) is 0.0495. The number of carboxylic acid groups (broad SMARTS) is 1. The number of carboxylic acids is 1. The lowest BCUT2D eigenvalue weighted by atomic mass is 9.32. The van der Waals surface area contributed by atoms with Crippen molar-refractivity contribution < 1.29 is 144 Å². The Labute approximate surface area is 502 Å². The lowest BCUT2D eigenvalue weighted by molar-refractivity contribution is -0.377. The predicted molar refractivity (Wildman–Crippen MR) is 287 cm³/mol. The zero-order valence-electron chi connectivity index (χ0n) is 50.0. The summed E-state index contributed by atoms with van der Waals surface area (Å²) in [5.74, 6) is -4.45. The standard InChI is InChI=1S/C58H92O29/c1-20-30(65)32(67)36(71)48(80-20)83-41-27(63)18-78-47(39(41)74)82-40-21(2)81-49(38(73)35(40)70)85-43-31(66)26(62)17-79-51(43)87-52(77)58-12-11-53(3,4)13-23(58)22-9-10-28-54(5)14-25(61)45(86-50-37(72)33(68)34(69)42(84-50)46(75)76)55(6,19-59)44(54)24(60)15-57(28,8)56(22,7)16-29(58)64/h9,20-21,23-45,47-51,59-74H,10-19H2,1-8H3,(H,75,76). The molecule has 0 aromatic heterocycles. The summed E-state index contributed by atoms with van der Waals surface area (Å²) in [7, 11) is 0. The second kappa shape index (κ2) is 24.2. The molecule has 5 aliphatic heterocycles. The van der Waals surface area contributed by atoms with Gasteiger partial charge in [0.1, 0.15) is 90.9 Å². The van der Waals surface area contributed by atoms with Gasteiger partial charge in [-0.25, -0.2) is 4.79 Å². The molecule has 35 atom stereocenters. The molecule has 0 amide bonds. The van der Waals surface area contributed by atoms with Gasteiger partial charge in [-0.1, -0.05) is 53.2 Å². The minimum Gasteiger partial charge on any atom is -0.479 e. The summed E-state index contributed by atoms with van der Waals surface area (Å²) < 4.78 is 58.4. The largest absolute Gasteiger partial charge is 0.479 e. The smallest absolute Gasteiger partial charge is 0.335 e. The molecule has 29 nitrogen and oxygen atoms in total. The zero-order chi connectivity index (χ0) is 63.9. The topological polar surface area (TPSA) is 470 Å². The second-order valence-electron chi connectivity index (χ2n) is 28.5. The van der Waals surface area contributed by atoms with E-state index in [4.69, 9.17) is 47.4 Å². The molecule has 4 saturated carbocycles. The third-order valence-corrected chi connectivity index (χ3v) is 22.6. The van der Waals surface area contributed by atoms with Gasteiger partial charge >= 0.3 is 11.9 Å². The van der Waals surface area contributed by atoms with Crippen LogP contribution in [0.15, 0.2) is 11.6 Å². The molecule has 9 fully saturated rings. The third kappa shape index (κ3) is 11.0. The van der Waals surface area contributed by atoms with E-state index >= 15 is 4.79 Å². The fourth-order valence-corrected chi connectivity index (χ4v) is 17.8. The van der Waals surface area contributed by atoms with E-state index in [-0.39, 0.29) is 31.6 Å². The van der Waals surface area contributed by atoms with Crippen molar-refractivity contribution >= 4 is 11.9 Å². The average Bonchev–Trinajstić information content (AvgIpc) is 0.671. The van der Waals surface area contributed by atoms with Crippen molar-refractivity contribution in [2.45, 2.75) is 266 Å². The van der Waals surface area contributed by atoms with Crippen LogP contribution in [0.25, 0.3) is 0 Å². The van der Waals surface area contributed by atoms with E-state index in [0.29, 0.717) is 19.3 Å². The summed E-state index contributed by atoms with van der Waals surface area (Å²) in [6, 6.07) is 0. The van der Waals surface area contributed by atoms with Gasteiger partial charge in [-0.2, -0.15) is 0 Å². The molecule has 87 heavy (non-hydrogen) atoms. The van der Waals surface area contributed by atoms with Crippen LogP contribution in [0.5, 0.6) is 0 Å². The Bertz CT molecular complexity index is 2510. The van der Waals surface area contributed by atoms with E-state index in [9.17, 15) is 91.6 Å². The van der Waals surface area contributed by atoms with Crippen molar-refractivity contribution in [3.05, 3.63) is 11.6 Å². The number of allylic oxidation sites excluding steroid dienone is 2. The zero-order valence-corrected chi connectivity index (χ0v) is 50.0. The van der Waals surface area contributed by atoms with E-state index < -0.39 is 242 Å². The molecule has 35 unspecified atom stereocenters. The number of aliphatic hydroxyl groups excluding tert-OH is 16. The summed E-state index contributed by atoms with van der Waals surface area (Å²) in [6.45, 7) is 12.8. The monoisotopic (exact) mass is 1250 g/mol. The molecule has 0 aromatic carbocycles. The van der Waals surface area contributed by atoms with Crippen LogP contribution in [0, 0.1) is 50.2 Å². The first-order valence-electron chi connectivity index (χ1n) is 30.3. The van der Waals surface area contributed by atoms with Crippen LogP contribution in [0.1, 0.15) is 100 Å². The van der Waals surface area contributed by atoms with Crippen LogP contribution >= 0.6 is 0 Å². The maximum absolute atomic E-state index is 15.5. The lowest BCUT2D eigenvalue weighted by Gasteiger charge is -2.73. The first-order valence-corrected chi connectivity index (χ1v) is 30.3. The van der Waals surface area contributed by atoms with Gasteiger partial charge in [-0.15, -0.1) is 0 Å². The van der Waals surface area contributed by atoms with Crippen LogP contribution in [-0.2, 0) is 57.0 Å². The molecular weight excluding hydrogens is 1160 g/mol. The Kier molecular flexibility index (Phi) is 18.8. The van der Waals surface area contributed by atoms with Gasteiger partial charge in [-0.3, -0.25) is 4.79 Å². The molecule has 0 spiro atoms. The molecule has 10 rings (SSSR count). The highest BCUT2D eigenvalue weighted by molar-refractivity contribution is 5.80. The first kappa shape index (κ1) is 67.6. The molecule has 498 valence electrons. The molecule has 5 heterocycles. The van der Waals surface area contributed by atoms with Crippen molar-refractivity contribution in [2.75, 3.05) is 19.8 Å². The third-order valence-electron chi connectivity index (χ3n) is 22.6. The maximum atomic E-state index is 15.5. The Morgan fingerprint density at radius 2 is 1.13 bits per heavy atom. The van der Waals surface area contributed by atoms with E-state index in [1.54, 1.807) is 6.92 Å². The van der Waals surface area contributed by atoms with E-state index in [2.05, 4.69) is 19.9 Å². The lowest BCUT2D eigenvalue weighted by Crippen LogP contribution is -2.73. The van der Waals surface area contributed by atoms with Gasteiger partial charge in [0.05, 0.1) is 56.4 Å². The molecule has 5 saturated heterocycles. The van der Waals surface area contributed by atoms with Gasteiger partial charge in [0.2, 0.25) is 6.29 Å². The van der Waals surface area contributed by atoms with Crippen molar-refractivity contribution in [1.29, 1.82) is 0 Å². The van der Waals surface area contributed by atoms with Crippen LogP contribution in [0.3, 0.4) is 0 Å². The van der Waals surface area contributed by atoms with Crippen LogP contribution in [0.2, 0.25) is 0 Å². The summed E-state index contributed by atoms with van der Waals surface area (Å²) in [6.07, 6.45) is -41.7. The maximum Gasteiger partial charge on any atom is 0.335 e. The van der Waals surface area contributed by atoms with Gasteiger partial charge in [-0.05, 0) is 92.3 Å². The normalized spacial score (nSPS) is 55.9. The predicted octanol–water partition coefficient (Wildman–Crippen LogP) is -4.90. The molecule has 0 radical (unpaired) electrons. The highest BCUT2D eigenvalue weighted by atomic mass is 16.8. The van der Waals surface area contributed by atoms with Crippen molar-refractivity contribution in [3.8, 4) is 0 Å². The van der Waals surface area contributed by atoms with E-state index in [0.717, 1.165) is 5.57 Å². The molecule has 0 aromatic rings. The Morgan fingerprint density at radius 3 is 1.77 bits per heavy atom. The first-order chi connectivity index (χ1) is 40.5. The number of carbonyl (C=O) groups is 2. The Morgan fingerprint density at radius 1 is 0.552 bits per heavy atom. The summed E-state index contributed by atoms with van der Waals surface area (Å²) in [4.78, 5) is 27.4. The fraction of sp³-hybridized carbons (Fsp3) is 0.931. The number of esters is 1. The molecule has 10 aliphatic rings. The summed E-state index contributed by atoms with van der Waals surface area (Å²) >= 11 is 0. The van der Waals surface area contributed by atoms with Crippen molar-refractivity contribution in [3.63, 3.8) is 0 Å². The van der Waals surface area contributed by atoms with Gasteiger partial charge < -0.3 is 134 Å². The minimum atomic E-state index is -2.01. The SMILES string of the molecule is CC1OC(OC2C(O)COC(OC3C(C)OC(OC4C(OC(=O)C56CCC(C)(C)CC5C5=CCC7C8(C)CC(O)C(OC9OC(C(=O)O)C(O)C(O)C9O)C(C)(CO)C8C(O)CC7(C)C5(C)CC6O)OCC(O)C4O)C(O)C3O)C2O)C(O)C(O)C1O. The van der Waals surface area contributed by atoms with Crippen molar-refractivity contribution in [1.82, 2.24) is 0 Å². The minimum absolute atomic E-state index is 0.0235. The Hall–Kier alpha value is -2.32. The highest BCUT2D eigenvalue weighted by Crippen LogP contribution is 2.76. The number of fused-ring (bicyclic) bond motifs is 7. The fourth-order valence-electron chi connectivity index (χ4n) is 17.8. The number of carbonyl (C=O) groups excluding carboxylic acids is 1. The van der Waals surface area contributed by atoms with E-state index in [1.165, 1.54) is 13.8 Å². The van der Waals surface area contributed by atoms with Gasteiger partial charge in [0.25, 0.3) is 0 Å². The van der Waals surface area contributed by atoms with Crippen LogP contribution in [-0.4, -0.2) is 284 Å².